The Kier molecular flexibility index (Phi) is 7.33. The molecule has 0 saturated carbocycles. The van der Waals surface area contributed by atoms with Gasteiger partial charge >= 0.3 is 5.97 Å². The molecule has 2 rings (SSSR count). The number of ether oxygens (including phenoxy) is 1. The molecule has 0 bridgehead atoms. The first-order valence-electron chi connectivity index (χ1n) is 8.26. The van der Waals surface area contributed by atoms with Gasteiger partial charge in [-0.2, -0.15) is 0 Å². The zero-order valence-corrected chi connectivity index (χ0v) is 15.3. The van der Waals surface area contributed by atoms with Crippen LogP contribution in [-0.4, -0.2) is 38.1 Å². The average molecular weight is 364 g/mol. The number of aliphatic hydroxyl groups excluding tert-OH is 1. The Balaban J connectivity index is 2.19. The van der Waals surface area contributed by atoms with E-state index in [1.807, 2.05) is 35.8 Å². The molecule has 0 unspecified atom stereocenters. The molecular formula is C18H24N2O4S. The summed E-state index contributed by atoms with van der Waals surface area (Å²) in [4.78, 5) is 15.9. The van der Waals surface area contributed by atoms with Crippen LogP contribution in [0.25, 0.3) is 0 Å². The third-order valence-corrected chi connectivity index (χ3v) is 5.07. The third-order valence-electron chi connectivity index (χ3n) is 3.81. The summed E-state index contributed by atoms with van der Waals surface area (Å²) in [5.41, 5.74) is 1.58. The average Bonchev–Trinajstić information content (AvgIpc) is 3.00. The Morgan fingerprint density at radius 1 is 1.36 bits per heavy atom. The Labute approximate surface area is 151 Å². The SMILES string of the molecule is CCCC[C@@H](Sc1nc(CO)cn1Cc1ccc(OC)cc1)C(=O)O. The quantitative estimate of drug-likeness (QED) is 0.630. The number of imidazole rings is 1. The van der Waals surface area contributed by atoms with E-state index in [1.165, 1.54) is 11.8 Å². The first kappa shape index (κ1) is 19.3. The predicted octanol–water partition coefficient (Wildman–Crippen LogP) is 3.17. The van der Waals surface area contributed by atoms with Gasteiger partial charge in [0.2, 0.25) is 0 Å². The molecule has 0 saturated heterocycles. The van der Waals surface area contributed by atoms with Crippen LogP contribution < -0.4 is 4.74 Å². The number of hydrogen-bond acceptors (Lipinski definition) is 5. The second-order valence-corrected chi connectivity index (χ2v) is 6.91. The van der Waals surface area contributed by atoms with Crippen molar-refractivity contribution >= 4 is 17.7 Å². The minimum Gasteiger partial charge on any atom is -0.497 e. The topological polar surface area (TPSA) is 84.6 Å². The second-order valence-electron chi connectivity index (χ2n) is 5.74. The molecule has 7 heteroatoms. The molecule has 25 heavy (non-hydrogen) atoms. The molecule has 0 aliphatic rings. The summed E-state index contributed by atoms with van der Waals surface area (Å²) in [7, 11) is 1.62. The van der Waals surface area contributed by atoms with Crippen molar-refractivity contribution < 1.29 is 19.7 Å². The Morgan fingerprint density at radius 2 is 2.08 bits per heavy atom. The fourth-order valence-corrected chi connectivity index (χ4v) is 3.47. The summed E-state index contributed by atoms with van der Waals surface area (Å²) in [6.07, 6.45) is 4.17. The zero-order chi connectivity index (χ0) is 18.2. The van der Waals surface area contributed by atoms with Crippen molar-refractivity contribution in [1.29, 1.82) is 0 Å². The fourth-order valence-electron chi connectivity index (χ4n) is 2.41. The van der Waals surface area contributed by atoms with Gasteiger partial charge in [-0.15, -0.1) is 0 Å². The number of aromatic nitrogens is 2. The smallest absolute Gasteiger partial charge is 0.317 e. The zero-order valence-electron chi connectivity index (χ0n) is 14.5. The molecule has 136 valence electrons. The first-order chi connectivity index (χ1) is 12.1. The highest BCUT2D eigenvalue weighted by Crippen LogP contribution is 2.27. The Hall–Kier alpha value is -1.99. The largest absolute Gasteiger partial charge is 0.497 e. The molecule has 0 fully saturated rings. The van der Waals surface area contributed by atoms with Crippen molar-refractivity contribution in [1.82, 2.24) is 9.55 Å². The van der Waals surface area contributed by atoms with Gasteiger partial charge in [-0.25, -0.2) is 4.98 Å². The van der Waals surface area contributed by atoms with Gasteiger partial charge in [-0.1, -0.05) is 43.7 Å². The molecule has 6 nitrogen and oxygen atoms in total. The predicted molar refractivity (Wildman–Crippen MR) is 97.1 cm³/mol. The van der Waals surface area contributed by atoms with Crippen LogP contribution in [0.15, 0.2) is 35.6 Å². The van der Waals surface area contributed by atoms with Gasteiger partial charge in [0, 0.05) is 12.7 Å². The van der Waals surface area contributed by atoms with Crippen molar-refractivity contribution in [2.24, 2.45) is 0 Å². The number of aliphatic carboxylic acids is 1. The third kappa shape index (κ3) is 5.51. The van der Waals surface area contributed by atoms with Gasteiger partial charge in [-0.05, 0) is 24.1 Å². The van der Waals surface area contributed by atoms with Crippen LogP contribution in [0.2, 0.25) is 0 Å². The van der Waals surface area contributed by atoms with Crippen LogP contribution in [0, 0.1) is 0 Å². The Morgan fingerprint density at radius 3 is 2.64 bits per heavy atom. The number of benzene rings is 1. The van der Waals surface area contributed by atoms with Crippen molar-refractivity contribution in [3.05, 3.63) is 41.7 Å². The number of carboxylic acids is 1. The minimum absolute atomic E-state index is 0.171. The van der Waals surface area contributed by atoms with Crippen LogP contribution in [0.1, 0.15) is 37.4 Å². The van der Waals surface area contributed by atoms with Crippen molar-refractivity contribution in [3.63, 3.8) is 0 Å². The van der Waals surface area contributed by atoms with Crippen molar-refractivity contribution in [3.8, 4) is 5.75 Å². The van der Waals surface area contributed by atoms with Crippen molar-refractivity contribution in [2.75, 3.05) is 7.11 Å². The van der Waals surface area contributed by atoms with Gasteiger partial charge < -0.3 is 19.5 Å². The van der Waals surface area contributed by atoms with Gasteiger partial charge in [0.05, 0.1) is 19.4 Å². The maximum Gasteiger partial charge on any atom is 0.317 e. The number of aliphatic hydroxyl groups is 1. The molecule has 0 aliphatic carbocycles. The summed E-state index contributed by atoms with van der Waals surface area (Å²) in [6, 6.07) is 7.68. The molecular weight excluding hydrogens is 340 g/mol. The lowest BCUT2D eigenvalue weighted by molar-refractivity contribution is -0.136. The summed E-state index contributed by atoms with van der Waals surface area (Å²) in [5, 5.41) is 18.9. The lowest BCUT2D eigenvalue weighted by Crippen LogP contribution is -2.17. The van der Waals surface area contributed by atoms with Crippen LogP contribution in [0.5, 0.6) is 5.75 Å². The second kappa shape index (κ2) is 9.48. The van der Waals surface area contributed by atoms with Gasteiger partial charge in [-0.3, -0.25) is 4.79 Å². The lowest BCUT2D eigenvalue weighted by Gasteiger charge is -2.13. The molecule has 1 heterocycles. The maximum atomic E-state index is 11.5. The highest BCUT2D eigenvalue weighted by molar-refractivity contribution is 8.00. The normalized spacial score (nSPS) is 12.1. The molecule has 1 atom stereocenters. The monoisotopic (exact) mass is 364 g/mol. The summed E-state index contributed by atoms with van der Waals surface area (Å²) in [6.45, 7) is 2.42. The Bertz CT molecular complexity index is 685. The molecule has 2 aromatic rings. The molecule has 0 radical (unpaired) electrons. The van der Waals surface area contributed by atoms with Crippen LogP contribution in [-0.2, 0) is 17.9 Å². The van der Waals surface area contributed by atoms with Crippen LogP contribution in [0.4, 0.5) is 0 Å². The first-order valence-corrected chi connectivity index (χ1v) is 9.14. The number of rotatable bonds is 10. The van der Waals surface area contributed by atoms with Gasteiger partial charge in [0.15, 0.2) is 5.16 Å². The summed E-state index contributed by atoms with van der Waals surface area (Å²) in [5.74, 6) is -0.0477. The molecule has 1 aromatic carbocycles. The van der Waals surface area contributed by atoms with E-state index >= 15 is 0 Å². The van der Waals surface area contributed by atoms with Gasteiger partial charge in [0.1, 0.15) is 11.0 Å². The van der Waals surface area contributed by atoms with E-state index in [4.69, 9.17) is 4.74 Å². The van der Waals surface area contributed by atoms with Crippen LogP contribution in [0.3, 0.4) is 0 Å². The number of thioether (sulfide) groups is 1. The number of carbonyl (C=O) groups is 1. The standard InChI is InChI=1S/C18H24N2O4S/c1-3-4-5-16(17(22)23)25-18-19-14(12-21)11-20(18)10-13-6-8-15(24-2)9-7-13/h6-9,11,16,21H,3-5,10,12H2,1-2H3,(H,22,23)/t16-/m1/s1. The fraction of sp³-hybridized carbons (Fsp3) is 0.444. The number of nitrogens with zero attached hydrogens (tertiary/aromatic N) is 2. The number of carboxylic acid groups (broad SMARTS) is 1. The minimum atomic E-state index is -0.831. The summed E-state index contributed by atoms with van der Waals surface area (Å²) < 4.78 is 7.05. The van der Waals surface area contributed by atoms with E-state index in [0.717, 1.165) is 24.2 Å². The maximum absolute atomic E-state index is 11.5. The van der Waals surface area contributed by atoms with Crippen molar-refractivity contribution in [2.45, 2.75) is 49.7 Å². The molecule has 0 spiro atoms. The lowest BCUT2D eigenvalue weighted by atomic mass is 10.2. The molecule has 1 aromatic heterocycles. The van der Waals surface area contributed by atoms with Gasteiger partial charge in [0.25, 0.3) is 0 Å². The van der Waals surface area contributed by atoms with E-state index in [2.05, 4.69) is 4.98 Å². The number of unbranched alkanes of at least 4 members (excludes halogenated alkanes) is 1. The van der Waals surface area contributed by atoms with E-state index in [9.17, 15) is 15.0 Å². The number of methoxy groups -OCH3 is 1. The summed E-state index contributed by atoms with van der Waals surface area (Å²) >= 11 is 1.24. The van der Waals surface area contributed by atoms with E-state index in [-0.39, 0.29) is 6.61 Å². The molecule has 0 amide bonds. The molecule has 0 aliphatic heterocycles. The van der Waals surface area contributed by atoms with E-state index in [1.54, 1.807) is 13.3 Å². The highest BCUT2D eigenvalue weighted by Gasteiger charge is 2.21. The van der Waals surface area contributed by atoms with E-state index in [0.29, 0.717) is 23.8 Å². The van der Waals surface area contributed by atoms with E-state index < -0.39 is 11.2 Å². The number of hydrogen-bond donors (Lipinski definition) is 2. The highest BCUT2D eigenvalue weighted by atomic mass is 32.2. The van der Waals surface area contributed by atoms with Crippen LogP contribution >= 0.6 is 11.8 Å². The molecule has 2 N–H and O–H groups in total.